The van der Waals surface area contributed by atoms with E-state index in [0.29, 0.717) is 11.3 Å². The van der Waals surface area contributed by atoms with E-state index in [1.54, 1.807) is 26.0 Å². The van der Waals surface area contributed by atoms with Crippen LogP contribution in [0, 0.1) is 0 Å². The summed E-state index contributed by atoms with van der Waals surface area (Å²) >= 11 is 0. The molecular formula is C21H28O3. The van der Waals surface area contributed by atoms with E-state index in [-0.39, 0.29) is 11.2 Å². The molecule has 0 aliphatic heterocycles. The number of phenols is 2. The van der Waals surface area contributed by atoms with Crippen LogP contribution in [0.25, 0.3) is 0 Å². The number of aliphatic hydroxyl groups is 1. The molecule has 2 aromatic carbocycles. The van der Waals surface area contributed by atoms with E-state index < -0.39 is 5.60 Å². The Morgan fingerprint density at radius 2 is 1.12 bits per heavy atom. The molecule has 3 nitrogen and oxygen atoms in total. The minimum absolute atomic E-state index is 0.0820. The van der Waals surface area contributed by atoms with Gasteiger partial charge in [-0.1, -0.05) is 45.0 Å². The monoisotopic (exact) mass is 328 g/mol. The molecular weight excluding hydrogens is 300 g/mol. The summed E-state index contributed by atoms with van der Waals surface area (Å²) in [6.07, 6.45) is 1.54. The molecule has 0 amide bonds. The average Bonchev–Trinajstić information content (AvgIpc) is 2.42. The van der Waals surface area contributed by atoms with Gasteiger partial charge >= 0.3 is 0 Å². The zero-order valence-electron chi connectivity index (χ0n) is 15.2. The first-order valence-electron chi connectivity index (χ1n) is 8.35. The molecule has 0 bridgehead atoms. The molecule has 0 spiro atoms. The largest absolute Gasteiger partial charge is 0.508 e. The van der Waals surface area contributed by atoms with Gasteiger partial charge in [-0.25, -0.2) is 0 Å². The molecule has 0 heterocycles. The predicted octanol–water partition coefficient (Wildman–Crippen LogP) is 4.41. The predicted molar refractivity (Wildman–Crippen MR) is 97.6 cm³/mol. The molecule has 0 saturated carbocycles. The number of benzene rings is 2. The van der Waals surface area contributed by atoms with E-state index in [4.69, 9.17) is 0 Å². The molecule has 2 rings (SSSR count). The van der Waals surface area contributed by atoms with Crippen molar-refractivity contribution in [3.05, 3.63) is 58.7 Å². The van der Waals surface area contributed by atoms with E-state index in [2.05, 4.69) is 20.8 Å². The Hall–Kier alpha value is -2.00. The van der Waals surface area contributed by atoms with Crippen LogP contribution in [-0.4, -0.2) is 15.3 Å². The molecule has 130 valence electrons. The molecule has 0 aliphatic carbocycles. The third kappa shape index (κ3) is 4.30. The maximum atomic E-state index is 10.2. The Bertz CT molecular complexity index is 655. The Balaban J connectivity index is 2.12. The van der Waals surface area contributed by atoms with Crippen LogP contribution in [0.3, 0.4) is 0 Å². The van der Waals surface area contributed by atoms with Crippen LogP contribution in [0.4, 0.5) is 0 Å². The molecule has 0 saturated heterocycles. The van der Waals surface area contributed by atoms with Crippen molar-refractivity contribution in [3.63, 3.8) is 0 Å². The van der Waals surface area contributed by atoms with Crippen molar-refractivity contribution < 1.29 is 15.3 Å². The molecule has 3 N–H and O–H groups in total. The van der Waals surface area contributed by atoms with Gasteiger partial charge in [0.2, 0.25) is 0 Å². The van der Waals surface area contributed by atoms with Gasteiger partial charge in [-0.2, -0.15) is 0 Å². The van der Waals surface area contributed by atoms with Crippen molar-refractivity contribution in [1.29, 1.82) is 0 Å². The van der Waals surface area contributed by atoms with Gasteiger partial charge in [0.05, 0.1) is 5.60 Å². The van der Waals surface area contributed by atoms with Crippen molar-refractivity contribution in [2.75, 3.05) is 0 Å². The van der Waals surface area contributed by atoms with Gasteiger partial charge in [0.15, 0.2) is 0 Å². The van der Waals surface area contributed by atoms with Gasteiger partial charge in [-0.05, 0) is 60.9 Å². The van der Waals surface area contributed by atoms with Crippen molar-refractivity contribution in [2.45, 2.75) is 58.5 Å². The number of phenolic OH excluding ortho intramolecular Hbond substituents is 2. The van der Waals surface area contributed by atoms with Gasteiger partial charge in [0.1, 0.15) is 11.5 Å². The molecule has 0 radical (unpaired) electrons. The smallest absolute Gasteiger partial charge is 0.121 e. The lowest BCUT2D eigenvalue weighted by molar-refractivity contribution is 0.0758. The molecule has 0 aliphatic rings. The quantitative estimate of drug-likeness (QED) is 0.779. The number of rotatable bonds is 4. The fourth-order valence-electron chi connectivity index (χ4n) is 2.91. The summed E-state index contributed by atoms with van der Waals surface area (Å²) in [4.78, 5) is 0. The highest BCUT2D eigenvalue weighted by Gasteiger charge is 2.20. The normalized spacial score (nSPS) is 12.4. The summed E-state index contributed by atoms with van der Waals surface area (Å²) in [6.45, 7) is 9.54. The van der Waals surface area contributed by atoms with E-state index in [9.17, 15) is 15.3 Å². The summed E-state index contributed by atoms with van der Waals surface area (Å²) in [5.41, 5.74) is 2.39. The van der Waals surface area contributed by atoms with Gasteiger partial charge in [0, 0.05) is 5.56 Å². The number of aromatic hydroxyl groups is 2. The maximum absolute atomic E-state index is 10.2. The van der Waals surface area contributed by atoms with Crippen LogP contribution in [0.1, 0.15) is 56.9 Å². The third-order valence-corrected chi connectivity index (χ3v) is 4.29. The van der Waals surface area contributed by atoms with Crippen LogP contribution in [0.5, 0.6) is 11.5 Å². The molecule has 0 unspecified atom stereocenters. The summed E-state index contributed by atoms with van der Waals surface area (Å²) < 4.78 is 0. The molecule has 0 aromatic heterocycles. The highest BCUT2D eigenvalue weighted by Crippen LogP contribution is 2.32. The van der Waals surface area contributed by atoms with E-state index in [1.165, 1.54) is 0 Å². The minimum Gasteiger partial charge on any atom is -0.508 e. The zero-order valence-corrected chi connectivity index (χ0v) is 15.2. The second kappa shape index (κ2) is 6.48. The van der Waals surface area contributed by atoms with E-state index in [1.807, 2.05) is 24.3 Å². The first-order valence-corrected chi connectivity index (χ1v) is 8.35. The second-order valence-electron chi connectivity index (χ2n) is 8.01. The first-order chi connectivity index (χ1) is 11.0. The highest BCUT2D eigenvalue weighted by molar-refractivity contribution is 5.42. The fraction of sp³-hybridized carbons (Fsp3) is 0.429. The molecule has 0 fully saturated rings. The van der Waals surface area contributed by atoms with Gasteiger partial charge < -0.3 is 15.3 Å². The van der Waals surface area contributed by atoms with Crippen LogP contribution in [0.2, 0.25) is 0 Å². The summed E-state index contributed by atoms with van der Waals surface area (Å²) in [5.74, 6) is 0.450. The van der Waals surface area contributed by atoms with Gasteiger partial charge in [-0.15, -0.1) is 0 Å². The van der Waals surface area contributed by atoms with Crippen molar-refractivity contribution in [1.82, 2.24) is 0 Å². The summed E-state index contributed by atoms with van der Waals surface area (Å²) in [7, 11) is 0. The van der Waals surface area contributed by atoms with Crippen LogP contribution in [-0.2, 0) is 23.9 Å². The highest BCUT2D eigenvalue weighted by atomic mass is 16.3. The topological polar surface area (TPSA) is 60.7 Å². The molecule has 0 atom stereocenters. The Morgan fingerprint density at radius 1 is 0.708 bits per heavy atom. The summed E-state index contributed by atoms with van der Waals surface area (Å²) in [6, 6.07) is 11.3. The van der Waals surface area contributed by atoms with E-state index in [0.717, 1.165) is 29.5 Å². The standard InChI is InChI=1S/C21H28O3/c1-20(2,3)16-10-8-14(12-18(16)22)6-7-15-9-11-17(19(23)13-15)21(4,5)24/h8-13,22-24H,6-7H2,1-5H3. The minimum atomic E-state index is -1.06. The second-order valence-corrected chi connectivity index (χ2v) is 8.01. The van der Waals surface area contributed by atoms with Crippen LogP contribution >= 0.6 is 0 Å². The number of aryl methyl sites for hydroxylation is 2. The average molecular weight is 328 g/mol. The van der Waals surface area contributed by atoms with Crippen LogP contribution < -0.4 is 0 Å². The van der Waals surface area contributed by atoms with Crippen molar-refractivity contribution >= 4 is 0 Å². The molecule has 24 heavy (non-hydrogen) atoms. The number of hydrogen-bond donors (Lipinski definition) is 3. The lowest BCUT2D eigenvalue weighted by Crippen LogP contribution is -2.15. The SMILES string of the molecule is CC(C)(C)c1ccc(CCc2ccc(C(C)(C)O)c(O)c2)cc1O. The lowest BCUT2D eigenvalue weighted by atomic mass is 9.85. The summed E-state index contributed by atoms with van der Waals surface area (Å²) in [5, 5.41) is 30.3. The molecule has 2 aromatic rings. The van der Waals surface area contributed by atoms with Crippen LogP contribution in [0.15, 0.2) is 36.4 Å². The van der Waals surface area contributed by atoms with Gasteiger partial charge in [0.25, 0.3) is 0 Å². The number of hydrogen-bond acceptors (Lipinski definition) is 3. The third-order valence-electron chi connectivity index (χ3n) is 4.29. The fourth-order valence-corrected chi connectivity index (χ4v) is 2.91. The Morgan fingerprint density at radius 3 is 1.46 bits per heavy atom. The maximum Gasteiger partial charge on any atom is 0.121 e. The molecule has 3 heteroatoms. The van der Waals surface area contributed by atoms with Gasteiger partial charge in [-0.3, -0.25) is 0 Å². The van der Waals surface area contributed by atoms with Crippen molar-refractivity contribution in [2.24, 2.45) is 0 Å². The zero-order chi connectivity index (χ0) is 18.1. The lowest BCUT2D eigenvalue weighted by Gasteiger charge is -2.21. The Labute approximate surface area is 144 Å². The first kappa shape index (κ1) is 18.3. The van der Waals surface area contributed by atoms with Crippen molar-refractivity contribution in [3.8, 4) is 11.5 Å². The van der Waals surface area contributed by atoms with E-state index >= 15 is 0 Å². The Kier molecular flexibility index (Phi) is 4.95.